The summed E-state index contributed by atoms with van der Waals surface area (Å²) in [7, 11) is 1.67. The molecule has 2 heterocycles. The maximum Gasteiger partial charge on any atom is 0.145 e. The second-order valence-corrected chi connectivity index (χ2v) is 9.30. The molecule has 4 nitrogen and oxygen atoms in total. The highest BCUT2D eigenvalue weighted by Crippen LogP contribution is 2.45. The quantitative estimate of drug-likeness (QED) is 0.521. The van der Waals surface area contributed by atoms with Crippen molar-refractivity contribution in [2.24, 2.45) is 5.92 Å². The van der Waals surface area contributed by atoms with E-state index in [1.165, 1.54) is 9.75 Å². The van der Waals surface area contributed by atoms with Crippen molar-refractivity contribution in [3.63, 3.8) is 0 Å². The molecule has 5 heteroatoms. The Morgan fingerprint density at radius 3 is 2.52 bits per heavy atom. The van der Waals surface area contributed by atoms with Gasteiger partial charge in [-0.1, -0.05) is 37.3 Å². The minimum absolute atomic E-state index is 0.0533. The van der Waals surface area contributed by atoms with Gasteiger partial charge >= 0.3 is 0 Å². The minimum atomic E-state index is -0.231. The van der Waals surface area contributed by atoms with Gasteiger partial charge < -0.3 is 15.4 Å². The van der Waals surface area contributed by atoms with Crippen molar-refractivity contribution in [2.75, 3.05) is 17.7 Å². The van der Waals surface area contributed by atoms with Crippen molar-refractivity contribution in [3.05, 3.63) is 87.8 Å². The number of Topliss-reactive ketones (excluding diaryl/α,β-unsaturated/α-hetero) is 1. The molecule has 3 atom stereocenters. The molecule has 2 aromatic carbocycles. The van der Waals surface area contributed by atoms with Crippen LogP contribution in [0.4, 0.5) is 11.4 Å². The zero-order chi connectivity index (χ0) is 21.4. The predicted octanol–water partition coefficient (Wildman–Crippen LogP) is 6.15. The van der Waals surface area contributed by atoms with E-state index < -0.39 is 0 Å². The molecule has 158 valence electrons. The standard InChI is InChI=1S/C26H26N2O2S/c1-3-19-12-13-24(31-19)26-25-22(27-20-6-4-5-7-21(20)28-26)14-17(15-23(25)29)16-8-10-18(30-2)11-9-16/h4-14,17,25-28H,3,15H2,1-2H3. The number of para-hydroxylation sites is 2. The lowest BCUT2D eigenvalue weighted by Crippen LogP contribution is -2.33. The molecule has 1 aliphatic carbocycles. The Hall–Kier alpha value is -3.05. The highest BCUT2D eigenvalue weighted by molar-refractivity contribution is 7.12. The van der Waals surface area contributed by atoms with Crippen molar-refractivity contribution in [1.82, 2.24) is 0 Å². The van der Waals surface area contributed by atoms with Crippen molar-refractivity contribution >= 4 is 28.5 Å². The van der Waals surface area contributed by atoms with Gasteiger partial charge in [0.15, 0.2) is 0 Å². The van der Waals surface area contributed by atoms with E-state index in [0.717, 1.165) is 34.8 Å². The SMILES string of the molecule is CCc1ccc(C2Nc3ccccc3NC3=CC(c4ccc(OC)cc4)CC(=O)C32)s1. The fourth-order valence-corrected chi connectivity index (χ4v) is 5.60. The Bertz CT molecular complexity index is 1130. The topological polar surface area (TPSA) is 50.4 Å². The van der Waals surface area contributed by atoms with Gasteiger partial charge in [-0.25, -0.2) is 0 Å². The Labute approximate surface area is 187 Å². The van der Waals surface area contributed by atoms with Crippen molar-refractivity contribution < 1.29 is 9.53 Å². The first-order valence-electron chi connectivity index (χ1n) is 10.8. The van der Waals surface area contributed by atoms with Crippen LogP contribution in [0.3, 0.4) is 0 Å². The molecule has 0 saturated heterocycles. The number of nitrogens with one attached hydrogen (secondary N) is 2. The Kier molecular flexibility index (Phi) is 5.28. The van der Waals surface area contributed by atoms with Crippen molar-refractivity contribution in [1.29, 1.82) is 0 Å². The lowest BCUT2D eigenvalue weighted by molar-refractivity contribution is -0.122. The van der Waals surface area contributed by atoms with Gasteiger partial charge in [-0.3, -0.25) is 4.79 Å². The molecule has 5 rings (SSSR count). The molecule has 31 heavy (non-hydrogen) atoms. The van der Waals surface area contributed by atoms with Crippen molar-refractivity contribution in [3.8, 4) is 5.75 Å². The van der Waals surface area contributed by atoms with E-state index in [1.807, 2.05) is 24.3 Å². The van der Waals surface area contributed by atoms with Crippen LogP contribution < -0.4 is 15.4 Å². The molecular formula is C26H26N2O2S. The first-order valence-corrected chi connectivity index (χ1v) is 11.6. The predicted molar refractivity (Wildman–Crippen MR) is 127 cm³/mol. The number of carbonyl (C=O) groups excluding carboxylic acids is 1. The number of ketones is 1. The van der Waals surface area contributed by atoms with Gasteiger partial charge in [0.05, 0.1) is 30.4 Å². The van der Waals surface area contributed by atoms with Crippen LogP contribution in [-0.4, -0.2) is 12.9 Å². The zero-order valence-electron chi connectivity index (χ0n) is 17.7. The van der Waals surface area contributed by atoms with Gasteiger partial charge in [-0.05, 0) is 48.4 Å². The third kappa shape index (κ3) is 3.74. The number of thiophene rings is 1. The zero-order valence-corrected chi connectivity index (χ0v) is 18.5. The number of benzene rings is 2. The number of ether oxygens (including phenoxy) is 1. The average molecular weight is 431 g/mol. The van der Waals surface area contributed by atoms with Crippen LogP contribution in [0.25, 0.3) is 0 Å². The maximum atomic E-state index is 13.6. The summed E-state index contributed by atoms with van der Waals surface area (Å²) in [6, 6.07) is 20.5. The van der Waals surface area contributed by atoms with Crippen LogP contribution in [0, 0.1) is 5.92 Å². The smallest absolute Gasteiger partial charge is 0.145 e. The molecule has 0 amide bonds. The summed E-state index contributed by atoms with van der Waals surface area (Å²) in [5.41, 5.74) is 4.17. The number of hydrogen-bond acceptors (Lipinski definition) is 5. The van der Waals surface area contributed by atoms with Gasteiger partial charge in [0.1, 0.15) is 11.5 Å². The molecule has 1 aromatic heterocycles. The fourth-order valence-electron chi connectivity index (χ4n) is 4.56. The number of aryl methyl sites for hydroxylation is 1. The highest BCUT2D eigenvalue weighted by atomic mass is 32.1. The molecule has 3 aromatic rings. The lowest BCUT2D eigenvalue weighted by Gasteiger charge is -2.32. The molecule has 2 N–H and O–H groups in total. The van der Waals surface area contributed by atoms with Crippen LogP contribution in [0.1, 0.15) is 40.6 Å². The molecule has 3 unspecified atom stereocenters. The second-order valence-electron chi connectivity index (χ2n) is 8.10. The number of fused-ring (bicyclic) bond motifs is 2. The Morgan fingerprint density at radius 2 is 1.81 bits per heavy atom. The van der Waals surface area contributed by atoms with Crippen LogP contribution in [-0.2, 0) is 11.2 Å². The van der Waals surface area contributed by atoms with E-state index in [1.54, 1.807) is 18.4 Å². The highest BCUT2D eigenvalue weighted by Gasteiger charge is 2.40. The summed E-state index contributed by atoms with van der Waals surface area (Å²) >= 11 is 1.80. The number of carbonyl (C=O) groups is 1. The molecule has 0 fully saturated rings. The molecule has 0 radical (unpaired) electrons. The minimum Gasteiger partial charge on any atom is -0.497 e. The average Bonchev–Trinajstić information content (AvgIpc) is 3.21. The molecule has 0 saturated carbocycles. The number of anilines is 2. The van der Waals surface area contributed by atoms with Crippen LogP contribution >= 0.6 is 11.3 Å². The second kappa shape index (κ2) is 8.23. The van der Waals surface area contributed by atoms with E-state index in [0.29, 0.717) is 6.42 Å². The first kappa shape index (κ1) is 19.9. The normalized spacial score (nSPS) is 22.3. The first-order chi connectivity index (χ1) is 15.2. The Morgan fingerprint density at radius 1 is 1.03 bits per heavy atom. The lowest BCUT2D eigenvalue weighted by atomic mass is 9.78. The van der Waals surface area contributed by atoms with E-state index >= 15 is 0 Å². The Balaban J connectivity index is 1.58. The molecular weight excluding hydrogens is 404 g/mol. The number of hydrogen-bond donors (Lipinski definition) is 2. The van der Waals surface area contributed by atoms with Gasteiger partial charge in [-0.2, -0.15) is 0 Å². The number of allylic oxidation sites excluding steroid dienone is 1. The third-order valence-corrected chi connectivity index (χ3v) is 7.53. The van der Waals surface area contributed by atoms with Gasteiger partial charge in [0.2, 0.25) is 0 Å². The van der Waals surface area contributed by atoms with Crippen LogP contribution in [0.2, 0.25) is 0 Å². The monoisotopic (exact) mass is 430 g/mol. The molecule has 1 aliphatic heterocycles. The van der Waals surface area contributed by atoms with E-state index in [4.69, 9.17) is 4.74 Å². The largest absolute Gasteiger partial charge is 0.497 e. The molecule has 0 bridgehead atoms. The summed E-state index contributed by atoms with van der Waals surface area (Å²) < 4.78 is 5.29. The third-order valence-electron chi connectivity index (χ3n) is 6.22. The van der Waals surface area contributed by atoms with Gasteiger partial charge in [-0.15, -0.1) is 11.3 Å². The number of rotatable bonds is 4. The summed E-state index contributed by atoms with van der Waals surface area (Å²) in [6.07, 6.45) is 3.76. The van der Waals surface area contributed by atoms with Crippen LogP contribution in [0.5, 0.6) is 5.75 Å². The van der Waals surface area contributed by atoms with Crippen molar-refractivity contribution in [2.45, 2.75) is 31.7 Å². The van der Waals surface area contributed by atoms with E-state index in [2.05, 4.69) is 60.0 Å². The summed E-state index contributed by atoms with van der Waals surface area (Å²) in [5, 5.41) is 7.27. The fraction of sp³-hybridized carbons (Fsp3) is 0.269. The van der Waals surface area contributed by atoms with Gasteiger partial charge in [0.25, 0.3) is 0 Å². The number of methoxy groups -OCH3 is 1. The van der Waals surface area contributed by atoms with Crippen LogP contribution in [0.15, 0.2) is 72.4 Å². The maximum absolute atomic E-state index is 13.6. The molecule has 2 aliphatic rings. The van der Waals surface area contributed by atoms with E-state index in [-0.39, 0.29) is 23.7 Å². The summed E-state index contributed by atoms with van der Waals surface area (Å²) in [4.78, 5) is 16.1. The summed E-state index contributed by atoms with van der Waals surface area (Å²) in [6.45, 7) is 2.17. The summed E-state index contributed by atoms with van der Waals surface area (Å²) in [5.74, 6) is 0.914. The van der Waals surface area contributed by atoms with E-state index in [9.17, 15) is 4.79 Å². The molecule has 0 spiro atoms. The van der Waals surface area contributed by atoms with Gasteiger partial charge in [0, 0.05) is 27.8 Å².